The minimum Gasteiger partial charge on any atom is -0.362 e. The largest absolute Gasteiger partial charge is 0.362 e. The summed E-state index contributed by atoms with van der Waals surface area (Å²) in [7, 11) is 0. The molecule has 1 aromatic rings. The SMILES string of the molecule is CC1(C)CC(C(c2cnc[nH]2)C(C)(C)C)O[C@H](O)C1=O. The summed E-state index contributed by atoms with van der Waals surface area (Å²) in [5.41, 5.74) is 0.319. The Morgan fingerprint density at radius 1 is 1.50 bits per heavy atom. The van der Waals surface area contributed by atoms with E-state index in [1.54, 1.807) is 12.5 Å². The molecule has 0 saturated carbocycles. The smallest absolute Gasteiger partial charge is 0.216 e. The lowest BCUT2D eigenvalue weighted by molar-refractivity contribution is -0.203. The summed E-state index contributed by atoms with van der Waals surface area (Å²) in [4.78, 5) is 19.2. The summed E-state index contributed by atoms with van der Waals surface area (Å²) in [6.07, 6.45) is 2.46. The van der Waals surface area contributed by atoms with Crippen LogP contribution in [-0.2, 0) is 9.53 Å². The van der Waals surface area contributed by atoms with Gasteiger partial charge >= 0.3 is 0 Å². The summed E-state index contributed by atoms with van der Waals surface area (Å²) in [5, 5.41) is 9.90. The van der Waals surface area contributed by atoms with Crippen LogP contribution in [0.25, 0.3) is 0 Å². The maximum Gasteiger partial charge on any atom is 0.216 e. The lowest BCUT2D eigenvalue weighted by Crippen LogP contribution is -2.50. The van der Waals surface area contributed by atoms with Gasteiger partial charge < -0.3 is 14.8 Å². The molecule has 2 heterocycles. The standard InChI is InChI=1S/C15H24N2O3/c1-14(2,3)11(9-7-16-8-17-9)10-6-15(4,5)12(18)13(19)20-10/h7-8,10-11,13,19H,6H2,1-5H3,(H,16,17)/t10?,11?,13-/m0/s1. The highest BCUT2D eigenvalue weighted by molar-refractivity contribution is 5.87. The van der Waals surface area contributed by atoms with E-state index in [4.69, 9.17) is 4.74 Å². The minimum atomic E-state index is -1.34. The third-order valence-electron chi connectivity index (χ3n) is 4.07. The van der Waals surface area contributed by atoms with E-state index in [1.807, 2.05) is 13.8 Å². The van der Waals surface area contributed by atoms with Gasteiger partial charge in [0, 0.05) is 23.2 Å². The fourth-order valence-corrected chi connectivity index (χ4v) is 3.07. The number of hydrogen-bond donors (Lipinski definition) is 2. The van der Waals surface area contributed by atoms with Crippen LogP contribution in [0.2, 0.25) is 0 Å². The van der Waals surface area contributed by atoms with Crippen LogP contribution in [0.5, 0.6) is 0 Å². The fraction of sp³-hybridized carbons (Fsp3) is 0.733. The van der Waals surface area contributed by atoms with Crippen molar-refractivity contribution in [3.63, 3.8) is 0 Å². The van der Waals surface area contributed by atoms with Crippen LogP contribution in [0.15, 0.2) is 12.5 Å². The van der Waals surface area contributed by atoms with Gasteiger partial charge in [0.2, 0.25) is 6.29 Å². The third kappa shape index (κ3) is 2.79. The number of rotatable bonds is 2. The predicted octanol–water partition coefficient (Wildman–Crippen LogP) is 2.24. The van der Waals surface area contributed by atoms with Crippen molar-refractivity contribution in [3.05, 3.63) is 18.2 Å². The van der Waals surface area contributed by atoms with E-state index in [-0.39, 0.29) is 23.2 Å². The van der Waals surface area contributed by atoms with Crippen molar-refractivity contribution in [2.24, 2.45) is 10.8 Å². The number of carbonyl (C=O) groups excluding carboxylic acids is 1. The second-order valence-corrected chi connectivity index (χ2v) is 7.33. The summed E-state index contributed by atoms with van der Waals surface area (Å²) in [6.45, 7) is 10.1. The topological polar surface area (TPSA) is 75.2 Å². The van der Waals surface area contributed by atoms with Crippen molar-refractivity contribution in [1.29, 1.82) is 0 Å². The van der Waals surface area contributed by atoms with E-state index in [1.165, 1.54) is 0 Å². The summed E-state index contributed by atoms with van der Waals surface area (Å²) < 4.78 is 5.60. The van der Waals surface area contributed by atoms with Crippen LogP contribution in [0.4, 0.5) is 0 Å². The monoisotopic (exact) mass is 280 g/mol. The Kier molecular flexibility index (Phi) is 3.77. The molecule has 0 aliphatic carbocycles. The molecular formula is C15H24N2O3. The highest BCUT2D eigenvalue weighted by Gasteiger charge is 2.47. The number of imidazole rings is 1. The van der Waals surface area contributed by atoms with Gasteiger partial charge in [-0.3, -0.25) is 4.79 Å². The zero-order valence-electron chi connectivity index (χ0n) is 12.8. The molecular weight excluding hydrogens is 256 g/mol. The van der Waals surface area contributed by atoms with Crippen molar-refractivity contribution in [2.45, 2.75) is 59.4 Å². The number of aliphatic hydroxyl groups is 1. The van der Waals surface area contributed by atoms with Crippen molar-refractivity contribution in [1.82, 2.24) is 9.97 Å². The van der Waals surface area contributed by atoms with Gasteiger partial charge in [0.05, 0.1) is 12.4 Å². The molecule has 5 nitrogen and oxygen atoms in total. The quantitative estimate of drug-likeness (QED) is 0.871. The molecule has 20 heavy (non-hydrogen) atoms. The van der Waals surface area contributed by atoms with Crippen molar-refractivity contribution in [3.8, 4) is 0 Å². The normalized spacial score (nSPS) is 28.4. The second kappa shape index (κ2) is 4.97. The first kappa shape index (κ1) is 15.2. The first-order valence-electron chi connectivity index (χ1n) is 6.99. The number of aromatic amines is 1. The van der Waals surface area contributed by atoms with Gasteiger partial charge in [-0.25, -0.2) is 4.98 Å². The van der Waals surface area contributed by atoms with E-state index in [2.05, 4.69) is 30.7 Å². The highest BCUT2D eigenvalue weighted by Crippen LogP contribution is 2.45. The first-order chi connectivity index (χ1) is 9.13. The van der Waals surface area contributed by atoms with Crippen LogP contribution >= 0.6 is 0 Å². The Morgan fingerprint density at radius 2 is 2.15 bits per heavy atom. The molecule has 0 bridgehead atoms. The molecule has 2 rings (SSSR count). The number of nitrogens with one attached hydrogen (secondary N) is 1. The van der Waals surface area contributed by atoms with E-state index >= 15 is 0 Å². The average Bonchev–Trinajstić information content (AvgIpc) is 2.77. The van der Waals surface area contributed by atoms with Crippen LogP contribution in [0.3, 0.4) is 0 Å². The molecule has 112 valence electrons. The van der Waals surface area contributed by atoms with E-state index in [0.29, 0.717) is 6.42 Å². The lowest BCUT2D eigenvalue weighted by atomic mass is 9.69. The number of aliphatic hydroxyl groups excluding tert-OH is 1. The molecule has 1 aromatic heterocycles. The number of ether oxygens (including phenoxy) is 1. The van der Waals surface area contributed by atoms with Gasteiger partial charge in [0.15, 0.2) is 5.78 Å². The number of ketones is 1. The third-order valence-corrected chi connectivity index (χ3v) is 4.07. The number of carbonyl (C=O) groups is 1. The number of aromatic nitrogens is 2. The van der Waals surface area contributed by atoms with Gasteiger partial charge in [-0.2, -0.15) is 0 Å². The highest BCUT2D eigenvalue weighted by atomic mass is 16.6. The fourth-order valence-electron chi connectivity index (χ4n) is 3.07. The van der Waals surface area contributed by atoms with E-state index in [0.717, 1.165) is 5.69 Å². The van der Waals surface area contributed by atoms with Crippen molar-refractivity contribution in [2.75, 3.05) is 0 Å². The van der Waals surface area contributed by atoms with Crippen molar-refractivity contribution >= 4 is 5.78 Å². The number of hydrogen-bond acceptors (Lipinski definition) is 4. The van der Waals surface area contributed by atoms with Gasteiger partial charge in [-0.15, -0.1) is 0 Å². The lowest BCUT2D eigenvalue weighted by Gasteiger charge is -2.44. The molecule has 1 aliphatic rings. The number of H-pyrrole nitrogens is 1. The van der Waals surface area contributed by atoms with Crippen LogP contribution in [0.1, 0.15) is 52.7 Å². The summed E-state index contributed by atoms with van der Waals surface area (Å²) >= 11 is 0. The Labute approximate surface area is 119 Å². The Bertz CT molecular complexity index is 474. The molecule has 3 atom stereocenters. The molecule has 5 heteroatoms. The van der Waals surface area contributed by atoms with Crippen LogP contribution < -0.4 is 0 Å². The van der Waals surface area contributed by atoms with Gasteiger partial charge in [-0.05, 0) is 11.8 Å². The molecule has 1 fully saturated rings. The number of nitrogens with zero attached hydrogens (tertiary/aromatic N) is 1. The predicted molar refractivity (Wildman–Crippen MR) is 75.1 cm³/mol. The maximum absolute atomic E-state index is 12.0. The van der Waals surface area contributed by atoms with E-state index in [9.17, 15) is 9.90 Å². The number of Topliss-reactive ketones (excluding diaryl/α,β-unsaturated/α-hetero) is 1. The molecule has 0 spiro atoms. The average molecular weight is 280 g/mol. The Morgan fingerprint density at radius 3 is 2.60 bits per heavy atom. The summed E-state index contributed by atoms with van der Waals surface area (Å²) in [6, 6.07) is 0. The summed E-state index contributed by atoms with van der Waals surface area (Å²) in [5.74, 6) is -0.210. The van der Waals surface area contributed by atoms with Gasteiger partial charge in [0.25, 0.3) is 0 Å². The van der Waals surface area contributed by atoms with Crippen LogP contribution in [-0.4, -0.2) is 33.3 Å². The Balaban J connectivity index is 2.34. The van der Waals surface area contributed by atoms with Crippen LogP contribution in [0, 0.1) is 10.8 Å². The molecule has 1 aliphatic heterocycles. The van der Waals surface area contributed by atoms with Gasteiger partial charge in [0.1, 0.15) is 0 Å². The maximum atomic E-state index is 12.0. The molecule has 0 amide bonds. The zero-order chi connectivity index (χ0) is 15.1. The van der Waals surface area contributed by atoms with Gasteiger partial charge in [-0.1, -0.05) is 34.6 Å². The zero-order valence-corrected chi connectivity index (χ0v) is 12.8. The van der Waals surface area contributed by atoms with E-state index < -0.39 is 11.7 Å². The molecule has 2 N–H and O–H groups in total. The molecule has 0 aromatic carbocycles. The Hall–Kier alpha value is -1.20. The molecule has 0 radical (unpaired) electrons. The minimum absolute atomic E-state index is 0.0343. The molecule has 2 unspecified atom stereocenters. The second-order valence-electron chi connectivity index (χ2n) is 7.33. The first-order valence-corrected chi connectivity index (χ1v) is 6.99. The molecule has 1 saturated heterocycles. The van der Waals surface area contributed by atoms with Crippen molar-refractivity contribution < 1.29 is 14.6 Å².